The number of benzene rings is 2. The van der Waals surface area contributed by atoms with E-state index in [0.29, 0.717) is 45.8 Å². The molecule has 3 aromatic rings. The summed E-state index contributed by atoms with van der Waals surface area (Å²) in [5.41, 5.74) is 3.17. The van der Waals surface area contributed by atoms with Crippen molar-refractivity contribution in [2.75, 3.05) is 7.11 Å². The molecule has 0 radical (unpaired) electrons. The maximum atomic E-state index is 13.3. The topological polar surface area (TPSA) is 53.4 Å². The van der Waals surface area contributed by atoms with Crippen LogP contribution in [0.1, 0.15) is 39.5 Å². The van der Waals surface area contributed by atoms with Gasteiger partial charge in [-0.2, -0.15) is 5.10 Å². The molecular formula is C22H22Cl2N2O3. The number of halogens is 2. The van der Waals surface area contributed by atoms with Crippen molar-refractivity contribution in [2.45, 2.75) is 33.9 Å². The van der Waals surface area contributed by atoms with Gasteiger partial charge in [0.1, 0.15) is 17.9 Å². The normalized spacial score (nSPS) is 10.8. The second-order valence-electron chi connectivity index (χ2n) is 6.64. The highest BCUT2D eigenvalue weighted by Crippen LogP contribution is 2.33. The lowest BCUT2D eigenvalue weighted by Gasteiger charge is -2.13. The minimum Gasteiger partial charge on any atom is -0.497 e. The molecule has 29 heavy (non-hydrogen) atoms. The van der Waals surface area contributed by atoms with E-state index in [1.165, 1.54) is 6.20 Å². The van der Waals surface area contributed by atoms with Crippen molar-refractivity contribution in [3.05, 3.63) is 74.4 Å². The number of ketones is 1. The van der Waals surface area contributed by atoms with E-state index in [9.17, 15) is 4.79 Å². The van der Waals surface area contributed by atoms with Crippen molar-refractivity contribution in [3.8, 4) is 11.6 Å². The second kappa shape index (κ2) is 8.89. The second-order valence-corrected chi connectivity index (χ2v) is 7.39. The van der Waals surface area contributed by atoms with Crippen molar-refractivity contribution >= 4 is 29.0 Å². The Balaban J connectivity index is 1.93. The van der Waals surface area contributed by atoms with E-state index in [0.717, 1.165) is 16.9 Å². The minimum atomic E-state index is -0.248. The number of aromatic nitrogens is 2. The van der Waals surface area contributed by atoms with Crippen LogP contribution in [0.3, 0.4) is 0 Å². The Labute approximate surface area is 180 Å². The number of rotatable bonds is 7. The number of methoxy groups -OCH3 is 1. The van der Waals surface area contributed by atoms with Crippen LogP contribution in [-0.2, 0) is 13.2 Å². The first-order valence-corrected chi connectivity index (χ1v) is 9.94. The van der Waals surface area contributed by atoms with Gasteiger partial charge in [-0.25, -0.2) is 4.68 Å². The molecule has 2 aromatic carbocycles. The Kier molecular flexibility index (Phi) is 6.50. The number of hydrogen-bond acceptors (Lipinski definition) is 4. The molecule has 7 heteroatoms. The SMILES string of the molecule is CCn1ncc(C(=O)c2cc(C)c(Cl)c(C)c2Cl)c1OCc1ccc(OC)cc1. The first-order chi connectivity index (χ1) is 13.9. The molecule has 0 aliphatic rings. The highest BCUT2D eigenvalue weighted by atomic mass is 35.5. The minimum absolute atomic E-state index is 0.248. The molecule has 3 rings (SSSR count). The summed E-state index contributed by atoms with van der Waals surface area (Å²) >= 11 is 12.7. The zero-order valence-corrected chi connectivity index (χ0v) is 18.3. The molecule has 152 valence electrons. The van der Waals surface area contributed by atoms with Gasteiger partial charge in [-0.1, -0.05) is 35.3 Å². The lowest BCUT2D eigenvalue weighted by molar-refractivity contribution is 0.103. The van der Waals surface area contributed by atoms with E-state index in [1.54, 1.807) is 24.8 Å². The summed E-state index contributed by atoms with van der Waals surface area (Å²) in [4.78, 5) is 13.3. The molecule has 5 nitrogen and oxygen atoms in total. The van der Waals surface area contributed by atoms with Crippen LogP contribution in [0.15, 0.2) is 36.5 Å². The van der Waals surface area contributed by atoms with Crippen LogP contribution in [-0.4, -0.2) is 22.7 Å². The standard InChI is InChI=1S/C22H22Cl2N2O3/c1-5-26-22(29-12-15-6-8-16(28-4)9-7-15)18(11-25-26)21(27)17-10-13(2)19(23)14(3)20(17)24/h6-11H,5,12H2,1-4H3. The largest absolute Gasteiger partial charge is 0.497 e. The van der Waals surface area contributed by atoms with Gasteiger partial charge < -0.3 is 9.47 Å². The average molecular weight is 433 g/mol. The Hall–Kier alpha value is -2.50. The Bertz CT molecular complexity index is 1040. The summed E-state index contributed by atoms with van der Waals surface area (Å²) in [6.07, 6.45) is 1.52. The third kappa shape index (κ3) is 4.26. The maximum absolute atomic E-state index is 13.3. The maximum Gasteiger partial charge on any atom is 0.223 e. The Morgan fingerprint density at radius 1 is 1.10 bits per heavy atom. The molecule has 0 aliphatic heterocycles. The molecule has 0 bridgehead atoms. The van der Waals surface area contributed by atoms with Crippen molar-refractivity contribution in [1.29, 1.82) is 0 Å². The van der Waals surface area contributed by atoms with E-state index in [4.69, 9.17) is 32.7 Å². The summed E-state index contributed by atoms with van der Waals surface area (Å²) < 4.78 is 12.8. The van der Waals surface area contributed by atoms with Gasteiger partial charge in [0.05, 0.1) is 18.3 Å². The first-order valence-electron chi connectivity index (χ1n) is 9.18. The molecule has 0 amide bonds. The quantitative estimate of drug-likeness (QED) is 0.452. The van der Waals surface area contributed by atoms with Crippen molar-refractivity contribution in [3.63, 3.8) is 0 Å². The molecule has 0 saturated heterocycles. The number of carbonyl (C=O) groups is 1. The number of nitrogens with zero attached hydrogens (tertiary/aromatic N) is 2. The van der Waals surface area contributed by atoms with E-state index in [1.807, 2.05) is 38.1 Å². The molecule has 1 heterocycles. The van der Waals surface area contributed by atoms with E-state index in [-0.39, 0.29) is 5.78 Å². The summed E-state index contributed by atoms with van der Waals surface area (Å²) in [6.45, 7) is 6.44. The highest BCUT2D eigenvalue weighted by molar-refractivity contribution is 6.39. The zero-order valence-electron chi connectivity index (χ0n) is 16.8. The van der Waals surface area contributed by atoms with E-state index in [2.05, 4.69) is 5.10 Å². The molecule has 0 fully saturated rings. The number of ether oxygens (including phenoxy) is 2. The number of aryl methyl sites for hydroxylation is 2. The van der Waals surface area contributed by atoms with Crippen LogP contribution in [0.25, 0.3) is 0 Å². The van der Waals surface area contributed by atoms with Crippen LogP contribution in [0.4, 0.5) is 0 Å². The van der Waals surface area contributed by atoms with Gasteiger partial charge in [-0.3, -0.25) is 4.79 Å². The van der Waals surface area contributed by atoms with Gasteiger partial charge in [0.2, 0.25) is 11.7 Å². The fraction of sp³-hybridized carbons (Fsp3) is 0.273. The van der Waals surface area contributed by atoms with Gasteiger partial charge in [-0.05, 0) is 55.7 Å². The van der Waals surface area contributed by atoms with Crippen LogP contribution in [0.5, 0.6) is 11.6 Å². The van der Waals surface area contributed by atoms with Crippen LogP contribution < -0.4 is 9.47 Å². The molecule has 0 aliphatic carbocycles. The molecule has 0 saturated carbocycles. The van der Waals surface area contributed by atoms with Gasteiger partial charge in [-0.15, -0.1) is 0 Å². The van der Waals surface area contributed by atoms with Crippen molar-refractivity contribution < 1.29 is 14.3 Å². The van der Waals surface area contributed by atoms with Crippen LogP contribution in [0, 0.1) is 13.8 Å². The predicted molar refractivity (Wildman–Crippen MR) is 115 cm³/mol. The molecular weight excluding hydrogens is 411 g/mol. The predicted octanol–water partition coefficient (Wildman–Crippen LogP) is 5.65. The monoisotopic (exact) mass is 432 g/mol. The fourth-order valence-electron chi connectivity index (χ4n) is 3.03. The van der Waals surface area contributed by atoms with Crippen LogP contribution >= 0.6 is 23.2 Å². The molecule has 0 N–H and O–H groups in total. The molecule has 1 aromatic heterocycles. The first kappa shape index (κ1) is 21.2. The van der Waals surface area contributed by atoms with Gasteiger partial charge >= 0.3 is 0 Å². The molecule has 0 atom stereocenters. The zero-order chi connectivity index (χ0) is 21.1. The Morgan fingerprint density at radius 2 is 1.79 bits per heavy atom. The van der Waals surface area contributed by atoms with Gasteiger partial charge in [0.25, 0.3) is 0 Å². The summed E-state index contributed by atoms with van der Waals surface area (Å²) in [6, 6.07) is 9.25. The average Bonchev–Trinajstić information content (AvgIpc) is 3.16. The lowest BCUT2D eigenvalue weighted by atomic mass is 10.0. The number of carbonyl (C=O) groups excluding carboxylic acids is 1. The summed E-state index contributed by atoms with van der Waals surface area (Å²) in [7, 11) is 1.62. The van der Waals surface area contributed by atoms with Crippen molar-refractivity contribution in [2.24, 2.45) is 0 Å². The molecule has 0 unspecified atom stereocenters. The van der Waals surface area contributed by atoms with Crippen molar-refractivity contribution in [1.82, 2.24) is 9.78 Å². The third-order valence-corrected chi connectivity index (χ3v) is 5.79. The molecule has 0 spiro atoms. The van der Waals surface area contributed by atoms with E-state index < -0.39 is 0 Å². The van der Waals surface area contributed by atoms with Gasteiger partial charge in [0, 0.05) is 17.1 Å². The lowest BCUT2D eigenvalue weighted by Crippen LogP contribution is -2.09. The fourth-order valence-corrected chi connectivity index (χ4v) is 3.46. The summed E-state index contributed by atoms with van der Waals surface area (Å²) in [5, 5.41) is 5.20. The Morgan fingerprint density at radius 3 is 2.41 bits per heavy atom. The smallest absolute Gasteiger partial charge is 0.223 e. The van der Waals surface area contributed by atoms with E-state index >= 15 is 0 Å². The summed E-state index contributed by atoms with van der Waals surface area (Å²) in [5.74, 6) is 0.934. The third-order valence-electron chi connectivity index (χ3n) is 4.72. The van der Waals surface area contributed by atoms with Crippen LogP contribution in [0.2, 0.25) is 10.0 Å². The number of hydrogen-bond donors (Lipinski definition) is 0. The van der Waals surface area contributed by atoms with Gasteiger partial charge in [0.15, 0.2) is 0 Å². The highest BCUT2D eigenvalue weighted by Gasteiger charge is 2.24.